The molecule has 15 heavy (non-hydrogen) atoms. The van der Waals surface area contributed by atoms with E-state index in [0.29, 0.717) is 5.92 Å². The number of allylic oxidation sites excluding steroid dienone is 3. The van der Waals surface area contributed by atoms with E-state index in [2.05, 4.69) is 50.7 Å². The van der Waals surface area contributed by atoms with Crippen molar-refractivity contribution in [1.82, 2.24) is 0 Å². The second-order valence-electron chi connectivity index (χ2n) is 4.95. The van der Waals surface area contributed by atoms with E-state index in [4.69, 9.17) is 0 Å². The zero-order valence-electron chi connectivity index (χ0n) is 10.6. The molecule has 0 nitrogen and oxygen atoms in total. The molecular weight excluding hydrogens is 196 g/mol. The molecule has 0 aromatic rings. The lowest BCUT2D eigenvalue weighted by Crippen LogP contribution is -2.16. The summed E-state index contributed by atoms with van der Waals surface area (Å²) in [6.45, 7) is 12.8. The molecule has 0 bridgehead atoms. The van der Waals surface area contributed by atoms with E-state index in [1.54, 1.807) is 0 Å². The van der Waals surface area contributed by atoms with Crippen LogP contribution in [0.4, 0.5) is 0 Å². The molecule has 0 aromatic heterocycles. The van der Waals surface area contributed by atoms with E-state index in [-0.39, 0.29) is 0 Å². The Morgan fingerprint density at radius 3 is 2.47 bits per heavy atom. The van der Waals surface area contributed by atoms with Crippen LogP contribution in [0.1, 0.15) is 26.2 Å². The topological polar surface area (TPSA) is 0 Å². The van der Waals surface area contributed by atoms with Gasteiger partial charge in [0, 0.05) is 0 Å². The van der Waals surface area contributed by atoms with Crippen LogP contribution in [-0.2, 0) is 0 Å². The van der Waals surface area contributed by atoms with Gasteiger partial charge in [-0.2, -0.15) is 0 Å². The van der Waals surface area contributed by atoms with Crippen molar-refractivity contribution < 1.29 is 0 Å². The molecule has 0 spiro atoms. The first kappa shape index (κ1) is 14.3. The maximum absolute atomic E-state index is 3.79. The third-order valence-corrected chi connectivity index (χ3v) is 2.92. The highest BCUT2D eigenvalue weighted by molar-refractivity contribution is 6.83. The third-order valence-electron chi connectivity index (χ3n) is 2.03. The van der Waals surface area contributed by atoms with Crippen molar-refractivity contribution in [2.24, 2.45) is 5.92 Å². The van der Waals surface area contributed by atoms with Crippen LogP contribution in [-0.4, -0.2) is 8.07 Å². The van der Waals surface area contributed by atoms with Gasteiger partial charge in [0.2, 0.25) is 0 Å². The van der Waals surface area contributed by atoms with Crippen molar-refractivity contribution in [3.05, 3.63) is 24.8 Å². The highest BCUT2D eigenvalue weighted by atomic mass is 28.3. The van der Waals surface area contributed by atoms with Crippen molar-refractivity contribution in [2.75, 3.05) is 0 Å². The molecule has 0 rings (SSSR count). The average molecular weight is 220 g/mol. The summed E-state index contributed by atoms with van der Waals surface area (Å²) >= 11 is 0. The fourth-order valence-electron chi connectivity index (χ4n) is 1.32. The second-order valence-corrected chi connectivity index (χ2v) is 9.70. The summed E-state index contributed by atoms with van der Waals surface area (Å²) in [5.41, 5.74) is 3.34. The second kappa shape index (κ2) is 7.54. The summed E-state index contributed by atoms with van der Waals surface area (Å²) in [5, 5.41) is 0. The summed E-state index contributed by atoms with van der Waals surface area (Å²) in [6.07, 6.45) is 9.79. The largest absolute Gasteiger partial charge is 0.129 e. The predicted octanol–water partition coefficient (Wildman–Crippen LogP) is 4.42. The Bertz CT molecular complexity index is 257. The van der Waals surface area contributed by atoms with Crippen LogP contribution < -0.4 is 0 Å². The fourth-order valence-corrected chi connectivity index (χ4v) is 1.84. The van der Waals surface area contributed by atoms with E-state index in [1.807, 2.05) is 12.2 Å². The molecular formula is C14H24Si. The molecule has 0 N–H and O–H groups in total. The molecule has 1 atom stereocenters. The van der Waals surface area contributed by atoms with Crippen LogP contribution in [0.5, 0.6) is 0 Å². The van der Waals surface area contributed by atoms with Crippen LogP contribution in [0.3, 0.4) is 0 Å². The van der Waals surface area contributed by atoms with E-state index in [0.717, 1.165) is 6.42 Å². The Hall–Kier alpha value is -0.743. The molecule has 0 saturated carbocycles. The molecule has 0 aliphatic heterocycles. The monoisotopic (exact) mass is 220 g/mol. The smallest absolute Gasteiger partial charge is 0.127 e. The lowest BCUT2D eigenvalue weighted by atomic mass is 9.99. The Labute approximate surface area is 96.5 Å². The molecule has 0 saturated heterocycles. The van der Waals surface area contributed by atoms with E-state index in [9.17, 15) is 0 Å². The van der Waals surface area contributed by atoms with Gasteiger partial charge in [-0.05, 0) is 24.8 Å². The van der Waals surface area contributed by atoms with Crippen LogP contribution >= 0.6 is 0 Å². The molecule has 0 amide bonds. The van der Waals surface area contributed by atoms with Crippen LogP contribution in [0, 0.1) is 17.4 Å². The Kier molecular flexibility index (Phi) is 7.16. The summed E-state index contributed by atoms with van der Waals surface area (Å²) in [7, 11) is -1.20. The lowest BCUT2D eigenvalue weighted by molar-refractivity contribution is 0.589. The molecule has 0 aliphatic carbocycles. The summed E-state index contributed by atoms with van der Waals surface area (Å²) < 4.78 is 0. The number of hydrogen-bond acceptors (Lipinski definition) is 0. The van der Waals surface area contributed by atoms with Gasteiger partial charge < -0.3 is 0 Å². The van der Waals surface area contributed by atoms with Crippen LogP contribution in [0.2, 0.25) is 19.6 Å². The lowest BCUT2D eigenvalue weighted by Gasteiger charge is -2.06. The minimum Gasteiger partial charge on any atom is -0.127 e. The average Bonchev–Trinajstić information content (AvgIpc) is 2.11. The molecule has 1 unspecified atom stereocenters. The normalized spacial score (nSPS) is 13.3. The Balaban J connectivity index is 4.19. The number of hydrogen-bond donors (Lipinski definition) is 0. The summed E-state index contributed by atoms with van der Waals surface area (Å²) in [6, 6.07) is 0. The minimum absolute atomic E-state index is 0.628. The first-order valence-corrected chi connectivity index (χ1v) is 9.30. The van der Waals surface area contributed by atoms with E-state index in [1.165, 1.54) is 12.8 Å². The minimum atomic E-state index is -1.20. The molecule has 1 heteroatoms. The third kappa shape index (κ3) is 9.56. The van der Waals surface area contributed by atoms with Gasteiger partial charge in [0.25, 0.3) is 0 Å². The SMILES string of the molecule is C=CCC(/C=C\C#C[Si](C)(C)C)CCC. The van der Waals surface area contributed by atoms with Gasteiger partial charge in [-0.1, -0.05) is 51.1 Å². The van der Waals surface area contributed by atoms with Crippen LogP contribution in [0.15, 0.2) is 24.8 Å². The molecule has 0 radical (unpaired) electrons. The number of rotatable bonds is 5. The van der Waals surface area contributed by atoms with Crippen molar-refractivity contribution in [2.45, 2.75) is 45.8 Å². The van der Waals surface area contributed by atoms with Gasteiger partial charge in [0.05, 0.1) is 0 Å². The van der Waals surface area contributed by atoms with Crippen LogP contribution in [0.25, 0.3) is 0 Å². The molecule has 84 valence electrons. The van der Waals surface area contributed by atoms with Gasteiger partial charge in [0.1, 0.15) is 8.07 Å². The Morgan fingerprint density at radius 1 is 1.33 bits per heavy atom. The highest BCUT2D eigenvalue weighted by Gasteiger charge is 2.06. The van der Waals surface area contributed by atoms with Gasteiger partial charge in [-0.3, -0.25) is 0 Å². The van der Waals surface area contributed by atoms with Gasteiger partial charge >= 0.3 is 0 Å². The maximum Gasteiger partial charge on any atom is 0.129 e. The van der Waals surface area contributed by atoms with Gasteiger partial charge in [-0.25, -0.2) is 0 Å². The molecule has 0 fully saturated rings. The van der Waals surface area contributed by atoms with Gasteiger partial charge in [-0.15, -0.1) is 12.1 Å². The van der Waals surface area contributed by atoms with E-state index >= 15 is 0 Å². The quantitative estimate of drug-likeness (QED) is 0.365. The van der Waals surface area contributed by atoms with Crippen molar-refractivity contribution in [3.63, 3.8) is 0 Å². The maximum atomic E-state index is 3.79. The first-order chi connectivity index (χ1) is 6.99. The Morgan fingerprint density at radius 2 is 2.00 bits per heavy atom. The summed E-state index contributed by atoms with van der Waals surface area (Å²) in [5.74, 6) is 3.80. The predicted molar refractivity (Wildman–Crippen MR) is 73.5 cm³/mol. The van der Waals surface area contributed by atoms with Crippen molar-refractivity contribution >= 4 is 8.07 Å². The zero-order valence-corrected chi connectivity index (χ0v) is 11.6. The molecule has 0 aromatic carbocycles. The van der Waals surface area contributed by atoms with Gasteiger partial charge in [0.15, 0.2) is 0 Å². The molecule has 0 heterocycles. The molecule has 0 aliphatic rings. The fraction of sp³-hybridized carbons (Fsp3) is 0.571. The summed E-state index contributed by atoms with van der Waals surface area (Å²) in [4.78, 5) is 0. The first-order valence-electron chi connectivity index (χ1n) is 5.80. The standard InChI is InChI=1S/C14H24Si/c1-6-10-14(11-7-2)12-8-9-13-15(3,4)5/h6,8,12,14H,1,7,10-11H2,2-5H3/b12-8-. The van der Waals surface area contributed by atoms with Crippen molar-refractivity contribution in [3.8, 4) is 11.5 Å². The zero-order chi connectivity index (χ0) is 11.7. The van der Waals surface area contributed by atoms with E-state index < -0.39 is 8.07 Å². The van der Waals surface area contributed by atoms with Crippen molar-refractivity contribution in [1.29, 1.82) is 0 Å². The highest BCUT2D eigenvalue weighted by Crippen LogP contribution is 2.12.